The molecule has 6 rings (SSSR count). The lowest BCUT2D eigenvalue weighted by atomic mass is 9.34. The van der Waals surface area contributed by atoms with E-state index in [1.54, 1.807) is 0 Å². The van der Waals surface area contributed by atoms with Crippen LogP contribution in [0.15, 0.2) is 23.3 Å². The SMILES string of the molecule is CC1(C)CC[C@]2(C(=O)OCC3CC3)CC[C@]3(C)[C@H](C(=O)C=C4[C@@]5(C)C=C(C#N)C(=O)C(C)(C)[C@@H]5CC[C@]43C)[C@@H]2C1. The van der Waals surface area contributed by atoms with Gasteiger partial charge in [0.25, 0.3) is 0 Å². The molecule has 0 amide bonds. The summed E-state index contributed by atoms with van der Waals surface area (Å²) in [6.45, 7) is 15.9. The van der Waals surface area contributed by atoms with Crippen LogP contribution in [0, 0.1) is 67.5 Å². The van der Waals surface area contributed by atoms with Crippen LogP contribution in [0.4, 0.5) is 0 Å². The van der Waals surface area contributed by atoms with E-state index in [-0.39, 0.29) is 57.1 Å². The van der Waals surface area contributed by atoms with E-state index < -0.39 is 16.2 Å². The van der Waals surface area contributed by atoms with Gasteiger partial charge in [0.1, 0.15) is 6.07 Å². The number of rotatable bonds is 3. The lowest BCUT2D eigenvalue weighted by Crippen LogP contribution is -2.66. The van der Waals surface area contributed by atoms with Crippen LogP contribution in [0.3, 0.4) is 0 Å². The van der Waals surface area contributed by atoms with Crippen LogP contribution in [0.25, 0.3) is 0 Å². The Morgan fingerprint density at radius 2 is 1.65 bits per heavy atom. The molecular weight excluding hydrogens is 498 g/mol. The van der Waals surface area contributed by atoms with Crippen molar-refractivity contribution in [3.63, 3.8) is 0 Å². The molecule has 5 nitrogen and oxygen atoms in total. The van der Waals surface area contributed by atoms with E-state index in [1.807, 2.05) is 26.0 Å². The average molecular weight is 546 g/mol. The summed E-state index contributed by atoms with van der Waals surface area (Å²) in [5.74, 6) is 0.280. The van der Waals surface area contributed by atoms with E-state index in [2.05, 4.69) is 40.7 Å². The fourth-order valence-corrected chi connectivity index (χ4v) is 10.6. The molecule has 0 bridgehead atoms. The first-order chi connectivity index (χ1) is 18.6. The molecule has 5 heteroatoms. The van der Waals surface area contributed by atoms with Crippen molar-refractivity contribution in [1.29, 1.82) is 5.26 Å². The van der Waals surface area contributed by atoms with Gasteiger partial charge in [0, 0.05) is 16.7 Å². The molecule has 7 atom stereocenters. The zero-order valence-electron chi connectivity index (χ0n) is 25.6. The van der Waals surface area contributed by atoms with Crippen molar-refractivity contribution in [3.05, 3.63) is 23.3 Å². The zero-order chi connectivity index (χ0) is 29.1. The Morgan fingerprint density at radius 1 is 0.975 bits per heavy atom. The smallest absolute Gasteiger partial charge is 0.312 e. The number of hydrogen-bond acceptors (Lipinski definition) is 5. The van der Waals surface area contributed by atoms with Gasteiger partial charge >= 0.3 is 5.97 Å². The molecule has 0 spiro atoms. The van der Waals surface area contributed by atoms with Gasteiger partial charge in [-0.3, -0.25) is 14.4 Å². The summed E-state index contributed by atoms with van der Waals surface area (Å²) >= 11 is 0. The van der Waals surface area contributed by atoms with E-state index >= 15 is 0 Å². The Kier molecular flexibility index (Phi) is 5.88. The van der Waals surface area contributed by atoms with Gasteiger partial charge in [-0.2, -0.15) is 5.26 Å². The first-order valence-electron chi connectivity index (χ1n) is 15.7. The lowest BCUT2D eigenvalue weighted by molar-refractivity contribution is -0.193. The van der Waals surface area contributed by atoms with Crippen molar-refractivity contribution in [2.45, 2.75) is 106 Å². The third kappa shape index (κ3) is 3.53. The minimum atomic E-state index is -0.669. The minimum Gasteiger partial charge on any atom is -0.465 e. The minimum absolute atomic E-state index is 0.0329. The van der Waals surface area contributed by atoms with E-state index in [9.17, 15) is 19.6 Å². The summed E-state index contributed by atoms with van der Waals surface area (Å²) in [4.78, 5) is 41.8. The van der Waals surface area contributed by atoms with Crippen molar-refractivity contribution in [3.8, 4) is 6.07 Å². The Balaban J connectivity index is 1.47. The van der Waals surface area contributed by atoms with Crippen LogP contribution in [-0.4, -0.2) is 24.1 Å². The molecule has 0 N–H and O–H groups in total. The molecule has 0 aliphatic heterocycles. The molecule has 0 heterocycles. The molecule has 0 radical (unpaired) electrons. The number of ether oxygens (including phenoxy) is 1. The fourth-order valence-electron chi connectivity index (χ4n) is 10.6. The Hall–Kier alpha value is -2.22. The van der Waals surface area contributed by atoms with E-state index in [4.69, 9.17) is 4.74 Å². The molecule has 6 aliphatic carbocycles. The highest BCUT2D eigenvalue weighted by Crippen LogP contribution is 2.74. The average Bonchev–Trinajstić information content (AvgIpc) is 3.70. The highest BCUT2D eigenvalue weighted by molar-refractivity contribution is 6.04. The van der Waals surface area contributed by atoms with Crippen molar-refractivity contribution < 1.29 is 19.1 Å². The lowest BCUT2D eigenvalue weighted by Gasteiger charge is -2.68. The number of nitrogens with zero attached hydrogens (tertiary/aromatic N) is 1. The quantitative estimate of drug-likeness (QED) is 0.351. The highest BCUT2D eigenvalue weighted by Gasteiger charge is 2.71. The molecule has 0 aromatic rings. The molecule has 0 unspecified atom stereocenters. The maximum Gasteiger partial charge on any atom is 0.312 e. The monoisotopic (exact) mass is 545 g/mol. The number of nitriles is 1. The predicted molar refractivity (Wildman–Crippen MR) is 153 cm³/mol. The highest BCUT2D eigenvalue weighted by atomic mass is 16.5. The molecule has 4 fully saturated rings. The fraction of sp³-hybridized carbons (Fsp3) is 0.771. The van der Waals surface area contributed by atoms with Crippen molar-refractivity contribution in [2.24, 2.45) is 56.2 Å². The normalized spacial score (nSPS) is 45.0. The Morgan fingerprint density at radius 3 is 2.30 bits per heavy atom. The molecule has 4 saturated carbocycles. The maximum absolute atomic E-state index is 14.5. The molecule has 0 aromatic heterocycles. The van der Waals surface area contributed by atoms with E-state index in [0.29, 0.717) is 12.5 Å². The number of carbonyl (C=O) groups is 3. The third-order valence-corrected chi connectivity index (χ3v) is 13.4. The summed E-state index contributed by atoms with van der Waals surface area (Å²) < 4.78 is 6.02. The first kappa shape index (κ1) is 27.9. The zero-order valence-corrected chi connectivity index (χ0v) is 25.6. The van der Waals surface area contributed by atoms with Gasteiger partial charge in [-0.1, -0.05) is 60.1 Å². The van der Waals surface area contributed by atoms with E-state index in [0.717, 1.165) is 63.4 Å². The number of carbonyl (C=O) groups excluding carboxylic acids is 3. The summed E-state index contributed by atoms with van der Waals surface area (Å²) in [6, 6.07) is 2.19. The topological polar surface area (TPSA) is 84.2 Å². The molecule has 0 aromatic carbocycles. The number of esters is 1. The van der Waals surface area contributed by atoms with E-state index in [1.165, 1.54) is 0 Å². The summed E-state index contributed by atoms with van der Waals surface area (Å²) in [5, 5.41) is 9.92. The van der Waals surface area contributed by atoms with Gasteiger partial charge < -0.3 is 4.74 Å². The first-order valence-corrected chi connectivity index (χ1v) is 15.7. The predicted octanol–water partition coefficient (Wildman–Crippen LogP) is 7.16. The van der Waals surface area contributed by atoms with Crippen LogP contribution in [0.2, 0.25) is 0 Å². The summed E-state index contributed by atoms with van der Waals surface area (Å²) in [5.41, 5.74) is -0.976. The van der Waals surface area contributed by atoms with Crippen molar-refractivity contribution >= 4 is 17.5 Å². The standard InChI is InChI=1S/C35H47NO4/c1-30(2)12-14-35(29(39)40-20-21-8-9-21)15-13-34(7)27(23(35)18-30)24(37)16-26-32(5)17-22(19-36)28(38)31(3,4)25(32)10-11-33(26,34)6/h16-17,21,23,25,27H,8-15,18,20H2,1-7H3/t23-,25-,27-,32-,33+,34+,35-/m0/s1. The van der Waals surface area contributed by atoms with Crippen molar-refractivity contribution in [2.75, 3.05) is 6.61 Å². The molecule has 40 heavy (non-hydrogen) atoms. The number of allylic oxidation sites excluding steroid dienone is 4. The maximum atomic E-state index is 14.5. The second kappa shape index (κ2) is 8.42. The van der Waals surface area contributed by atoms with Gasteiger partial charge in [-0.05, 0) is 97.9 Å². The number of hydrogen-bond donors (Lipinski definition) is 0. The van der Waals surface area contributed by atoms with Gasteiger partial charge in [-0.25, -0.2) is 0 Å². The van der Waals surface area contributed by atoms with Gasteiger partial charge in [0.2, 0.25) is 0 Å². The largest absolute Gasteiger partial charge is 0.465 e. The summed E-state index contributed by atoms with van der Waals surface area (Å²) in [6.07, 6.45) is 12.1. The van der Waals surface area contributed by atoms with Crippen LogP contribution >= 0.6 is 0 Å². The van der Waals surface area contributed by atoms with Gasteiger partial charge in [0.15, 0.2) is 11.6 Å². The number of ketones is 2. The third-order valence-electron chi connectivity index (χ3n) is 13.4. The van der Waals surface area contributed by atoms with Crippen LogP contribution in [0.1, 0.15) is 106 Å². The number of fused-ring (bicyclic) bond motifs is 7. The van der Waals surface area contributed by atoms with Crippen LogP contribution in [0.5, 0.6) is 0 Å². The molecule has 216 valence electrons. The molecule has 0 saturated heterocycles. The second-order valence-electron chi connectivity index (χ2n) is 16.5. The van der Waals surface area contributed by atoms with Crippen LogP contribution in [-0.2, 0) is 19.1 Å². The Labute approximate surface area is 240 Å². The van der Waals surface area contributed by atoms with Crippen LogP contribution < -0.4 is 0 Å². The Bertz CT molecular complexity index is 1290. The summed E-state index contributed by atoms with van der Waals surface area (Å²) in [7, 11) is 0. The van der Waals surface area contributed by atoms with Crippen molar-refractivity contribution in [1.82, 2.24) is 0 Å². The van der Waals surface area contributed by atoms with Gasteiger partial charge in [0.05, 0.1) is 17.6 Å². The number of Topliss-reactive ketones (excluding diaryl/α,β-unsaturated/α-hetero) is 1. The molecular formula is C35H47NO4. The second-order valence-corrected chi connectivity index (χ2v) is 16.5. The van der Waals surface area contributed by atoms with Gasteiger partial charge in [-0.15, -0.1) is 0 Å². The molecule has 6 aliphatic rings.